The van der Waals surface area contributed by atoms with Crippen LogP contribution in [-0.4, -0.2) is 36.6 Å². The second-order valence-corrected chi connectivity index (χ2v) is 5.30. The zero-order chi connectivity index (χ0) is 13.8. The Kier molecular flexibility index (Phi) is 4.74. The molecule has 0 bridgehead atoms. The van der Waals surface area contributed by atoms with Gasteiger partial charge in [-0.05, 0) is 30.5 Å². The van der Waals surface area contributed by atoms with Gasteiger partial charge in [0.05, 0.1) is 11.5 Å². The largest absolute Gasteiger partial charge is 0.384 e. The molecule has 1 aromatic carbocycles. The summed E-state index contributed by atoms with van der Waals surface area (Å²) in [6.45, 7) is 3.48. The highest BCUT2D eigenvalue weighted by Crippen LogP contribution is 2.26. The van der Waals surface area contributed by atoms with Gasteiger partial charge < -0.3 is 4.74 Å². The van der Waals surface area contributed by atoms with E-state index in [9.17, 15) is 10.1 Å². The number of hydrogen-bond donors (Lipinski definition) is 0. The molecule has 1 unspecified atom stereocenters. The number of likely N-dealkylation sites (tertiary alicyclic amines) is 1. The molecule has 1 atom stereocenters. The second kappa shape index (κ2) is 6.32. The Balaban J connectivity index is 2.00. The van der Waals surface area contributed by atoms with Gasteiger partial charge in [-0.2, -0.15) is 0 Å². The zero-order valence-corrected chi connectivity index (χ0v) is 11.6. The van der Waals surface area contributed by atoms with Crippen LogP contribution in [0.4, 0.5) is 5.69 Å². The van der Waals surface area contributed by atoms with Crippen molar-refractivity contribution in [1.82, 2.24) is 4.90 Å². The van der Waals surface area contributed by atoms with Gasteiger partial charge in [0.25, 0.3) is 5.69 Å². The molecule has 2 rings (SSSR count). The Hall–Kier alpha value is -1.17. The average Bonchev–Trinajstić information content (AvgIpc) is 2.79. The van der Waals surface area contributed by atoms with Gasteiger partial charge in [0.1, 0.15) is 5.02 Å². The van der Waals surface area contributed by atoms with E-state index in [1.165, 1.54) is 0 Å². The molecule has 1 aliphatic rings. The highest BCUT2D eigenvalue weighted by molar-refractivity contribution is 6.32. The van der Waals surface area contributed by atoms with Crippen molar-refractivity contribution < 1.29 is 9.66 Å². The van der Waals surface area contributed by atoms with Crippen LogP contribution in [0.15, 0.2) is 18.2 Å². The van der Waals surface area contributed by atoms with Crippen molar-refractivity contribution >= 4 is 17.3 Å². The second-order valence-electron chi connectivity index (χ2n) is 4.89. The van der Waals surface area contributed by atoms with Crippen LogP contribution in [0.5, 0.6) is 0 Å². The molecule has 6 heteroatoms. The number of nitrogens with zero attached hydrogens (tertiary/aromatic N) is 2. The van der Waals surface area contributed by atoms with Crippen molar-refractivity contribution in [2.24, 2.45) is 5.92 Å². The molecule has 0 radical (unpaired) electrons. The molecule has 1 heterocycles. The number of ether oxygens (including phenoxy) is 1. The van der Waals surface area contributed by atoms with E-state index in [-0.39, 0.29) is 10.7 Å². The lowest BCUT2D eigenvalue weighted by molar-refractivity contribution is -0.384. The van der Waals surface area contributed by atoms with Gasteiger partial charge in [-0.15, -0.1) is 0 Å². The van der Waals surface area contributed by atoms with Crippen molar-refractivity contribution in [2.45, 2.75) is 13.0 Å². The number of hydrogen-bond acceptors (Lipinski definition) is 4. The van der Waals surface area contributed by atoms with Crippen molar-refractivity contribution in [3.05, 3.63) is 38.9 Å². The first kappa shape index (κ1) is 14.2. The molecule has 1 aliphatic heterocycles. The van der Waals surface area contributed by atoms with Gasteiger partial charge in [-0.3, -0.25) is 15.0 Å². The Morgan fingerprint density at radius 1 is 1.58 bits per heavy atom. The summed E-state index contributed by atoms with van der Waals surface area (Å²) in [5, 5.41) is 11.0. The van der Waals surface area contributed by atoms with Crippen LogP contribution in [0.3, 0.4) is 0 Å². The summed E-state index contributed by atoms with van der Waals surface area (Å²) in [7, 11) is 1.71. The van der Waals surface area contributed by atoms with Crippen molar-refractivity contribution in [3.63, 3.8) is 0 Å². The van der Waals surface area contributed by atoms with Crippen LogP contribution in [0.25, 0.3) is 0 Å². The summed E-state index contributed by atoms with van der Waals surface area (Å²) in [4.78, 5) is 12.7. The number of benzene rings is 1. The lowest BCUT2D eigenvalue weighted by Crippen LogP contribution is -2.21. The summed E-state index contributed by atoms with van der Waals surface area (Å²) in [6.07, 6.45) is 1.11. The normalized spacial score (nSPS) is 19.8. The van der Waals surface area contributed by atoms with Crippen molar-refractivity contribution in [3.8, 4) is 0 Å². The number of rotatable bonds is 5. The zero-order valence-electron chi connectivity index (χ0n) is 10.8. The molecule has 0 saturated carbocycles. The fraction of sp³-hybridized carbons (Fsp3) is 0.538. The number of methoxy groups -OCH3 is 1. The minimum absolute atomic E-state index is 0.0215. The molecule has 5 nitrogen and oxygen atoms in total. The molecule has 0 amide bonds. The molecule has 1 fully saturated rings. The van der Waals surface area contributed by atoms with Crippen LogP contribution in [0.2, 0.25) is 5.02 Å². The highest BCUT2D eigenvalue weighted by atomic mass is 35.5. The van der Waals surface area contributed by atoms with E-state index in [0.717, 1.165) is 38.2 Å². The third-order valence-corrected chi connectivity index (χ3v) is 3.71. The van der Waals surface area contributed by atoms with Crippen molar-refractivity contribution in [1.29, 1.82) is 0 Å². The van der Waals surface area contributed by atoms with E-state index >= 15 is 0 Å². The van der Waals surface area contributed by atoms with Gasteiger partial charge >= 0.3 is 0 Å². The standard InChI is InChI=1S/C13H17ClN2O3/c1-19-9-11-4-5-15(8-11)7-10-2-3-12(14)13(6-10)16(17)18/h2-3,6,11H,4-5,7-9H2,1H3. The molecule has 1 saturated heterocycles. The lowest BCUT2D eigenvalue weighted by Gasteiger charge is -2.15. The van der Waals surface area contributed by atoms with Crippen LogP contribution in [0.1, 0.15) is 12.0 Å². The third-order valence-electron chi connectivity index (χ3n) is 3.39. The Bertz CT molecular complexity index is 467. The van der Waals surface area contributed by atoms with E-state index in [2.05, 4.69) is 4.90 Å². The molecular formula is C13H17ClN2O3. The van der Waals surface area contributed by atoms with Crippen LogP contribution in [-0.2, 0) is 11.3 Å². The molecule has 0 aromatic heterocycles. The van der Waals surface area contributed by atoms with Crippen LogP contribution < -0.4 is 0 Å². The van der Waals surface area contributed by atoms with Crippen LogP contribution in [0, 0.1) is 16.0 Å². The van der Waals surface area contributed by atoms with Crippen LogP contribution >= 0.6 is 11.6 Å². The Morgan fingerprint density at radius 2 is 2.37 bits per heavy atom. The van der Waals surface area contributed by atoms with Gasteiger partial charge in [0, 0.05) is 26.3 Å². The summed E-state index contributed by atoms with van der Waals surface area (Å²) < 4.78 is 5.16. The number of nitro groups is 1. The fourth-order valence-corrected chi connectivity index (χ4v) is 2.67. The van der Waals surface area contributed by atoms with E-state index in [1.807, 2.05) is 6.07 Å². The number of halogens is 1. The number of nitro benzene ring substituents is 1. The van der Waals surface area contributed by atoms with E-state index < -0.39 is 4.92 Å². The van der Waals surface area contributed by atoms with Gasteiger partial charge in [-0.1, -0.05) is 17.7 Å². The molecule has 0 spiro atoms. The van der Waals surface area contributed by atoms with Gasteiger partial charge in [-0.25, -0.2) is 0 Å². The summed E-state index contributed by atoms with van der Waals surface area (Å²) >= 11 is 5.80. The molecule has 0 aliphatic carbocycles. The smallest absolute Gasteiger partial charge is 0.288 e. The minimum atomic E-state index is -0.441. The van der Waals surface area contributed by atoms with E-state index in [1.54, 1.807) is 19.2 Å². The minimum Gasteiger partial charge on any atom is -0.384 e. The quantitative estimate of drug-likeness (QED) is 0.616. The maximum Gasteiger partial charge on any atom is 0.288 e. The predicted octanol–water partition coefficient (Wildman–Crippen LogP) is 2.72. The SMILES string of the molecule is COCC1CCN(Cc2ccc(Cl)c([N+](=O)[O-])c2)C1. The van der Waals surface area contributed by atoms with Gasteiger partial charge in [0.15, 0.2) is 0 Å². The predicted molar refractivity (Wildman–Crippen MR) is 73.4 cm³/mol. The molecule has 19 heavy (non-hydrogen) atoms. The highest BCUT2D eigenvalue weighted by Gasteiger charge is 2.23. The summed E-state index contributed by atoms with van der Waals surface area (Å²) in [6, 6.07) is 5.00. The lowest BCUT2D eigenvalue weighted by atomic mass is 10.1. The van der Waals surface area contributed by atoms with Gasteiger partial charge in [0.2, 0.25) is 0 Å². The maximum atomic E-state index is 10.8. The molecule has 0 N–H and O–H groups in total. The Morgan fingerprint density at radius 3 is 3.05 bits per heavy atom. The molecule has 1 aromatic rings. The molecular weight excluding hydrogens is 268 g/mol. The average molecular weight is 285 g/mol. The first-order valence-electron chi connectivity index (χ1n) is 6.24. The first-order chi connectivity index (χ1) is 9.10. The monoisotopic (exact) mass is 284 g/mol. The molecule has 104 valence electrons. The summed E-state index contributed by atoms with van der Waals surface area (Å²) in [5.41, 5.74) is 0.904. The first-order valence-corrected chi connectivity index (χ1v) is 6.62. The van der Waals surface area contributed by atoms with E-state index in [0.29, 0.717) is 5.92 Å². The topological polar surface area (TPSA) is 55.6 Å². The summed E-state index contributed by atoms with van der Waals surface area (Å²) in [5.74, 6) is 0.562. The van der Waals surface area contributed by atoms with Crippen molar-refractivity contribution in [2.75, 3.05) is 26.8 Å². The fourth-order valence-electron chi connectivity index (χ4n) is 2.48. The maximum absolute atomic E-state index is 10.8. The van der Waals surface area contributed by atoms with E-state index in [4.69, 9.17) is 16.3 Å². The Labute approximate surface area is 117 Å². The third kappa shape index (κ3) is 3.65.